The molecule has 1 heterocycles. The number of thiazole rings is 1. The number of hydrogen-bond donors (Lipinski definition) is 1. The maximum absolute atomic E-state index is 5.98. The van der Waals surface area contributed by atoms with Gasteiger partial charge in [0.05, 0.1) is 15.2 Å². The van der Waals surface area contributed by atoms with Crippen molar-refractivity contribution < 1.29 is 0 Å². The summed E-state index contributed by atoms with van der Waals surface area (Å²) in [6.45, 7) is 0. The molecule has 1 N–H and O–H groups in total. The summed E-state index contributed by atoms with van der Waals surface area (Å²) in [5.41, 5.74) is 3.10. The van der Waals surface area contributed by atoms with Gasteiger partial charge in [0.2, 0.25) is 0 Å². The van der Waals surface area contributed by atoms with Gasteiger partial charge in [0.1, 0.15) is 0 Å². The molecular formula is C14H10Cl2N2S. The van der Waals surface area contributed by atoms with Crippen LogP contribution in [0.25, 0.3) is 10.2 Å². The van der Waals surface area contributed by atoms with Crippen molar-refractivity contribution in [3.05, 3.63) is 58.1 Å². The van der Waals surface area contributed by atoms with E-state index in [-0.39, 0.29) is 0 Å². The van der Waals surface area contributed by atoms with E-state index >= 15 is 0 Å². The Morgan fingerprint density at radius 1 is 1.11 bits per heavy atom. The molecule has 0 radical (unpaired) electrons. The molecule has 0 bridgehead atoms. The second-order valence-electron chi connectivity index (χ2n) is 4.19. The van der Waals surface area contributed by atoms with Crippen molar-refractivity contribution in [1.82, 2.24) is 4.98 Å². The summed E-state index contributed by atoms with van der Waals surface area (Å²) in [7, 11) is 0. The number of halogens is 2. The highest BCUT2D eigenvalue weighted by Gasteiger charge is 2.05. The zero-order valence-corrected chi connectivity index (χ0v) is 12.2. The number of benzene rings is 2. The molecule has 3 rings (SSSR count). The average molecular weight is 309 g/mol. The van der Waals surface area contributed by atoms with Gasteiger partial charge < -0.3 is 0 Å². The Kier molecular flexibility index (Phi) is 3.60. The lowest BCUT2D eigenvalue weighted by Crippen LogP contribution is -1.87. The second-order valence-corrected chi connectivity index (χ2v) is 5.93. The van der Waals surface area contributed by atoms with Crippen LogP contribution in [0.2, 0.25) is 5.02 Å². The monoisotopic (exact) mass is 308 g/mol. The van der Waals surface area contributed by atoms with E-state index in [0.29, 0.717) is 0 Å². The molecule has 1 aromatic heterocycles. The lowest BCUT2D eigenvalue weighted by Gasteiger charge is -2.00. The van der Waals surface area contributed by atoms with Gasteiger partial charge in [-0.1, -0.05) is 23.7 Å². The summed E-state index contributed by atoms with van der Waals surface area (Å²) in [6.07, 6.45) is 0.819. The summed E-state index contributed by atoms with van der Waals surface area (Å²) < 4.78 is 1.13. The number of anilines is 1. The third kappa shape index (κ3) is 2.84. The molecule has 0 amide bonds. The van der Waals surface area contributed by atoms with Gasteiger partial charge in [-0.15, -0.1) is 11.3 Å². The highest BCUT2D eigenvalue weighted by atomic mass is 35.5. The lowest BCUT2D eigenvalue weighted by molar-refractivity contribution is 1.16. The molecule has 96 valence electrons. The van der Waals surface area contributed by atoms with Crippen LogP contribution >= 0.6 is 34.7 Å². The standard InChI is InChI=1S/C14H10Cl2N2S/c15-10-3-6-12-13(8-10)19-14(17-12)7-9-1-4-11(18-16)5-2-9/h1-6,8,18H,7H2. The minimum atomic E-state index is 0.750. The fraction of sp³-hybridized carbons (Fsp3) is 0.0714. The van der Waals surface area contributed by atoms with Crippen molar-refractivity contribution in [1.29, 1.82) is 0 Å². The normalized spacial score (nSPS) is 10.8. The predicted octanol–water partition coefficient (Wildman–Crippen LogP) is 5.11. The molecule has 0 saturated carbocycles. The zero-order valence-electron chi connectivity index (χ0n) is 9.86. The van der Waals surface area contributed by atoms with Crippen LogP contribution in [0.4, 0.5) is 5.69 Å². The third-order valence-corrected chi connectivity index (χ3v) is 4.28. The van der Waals surface area contributed by atoms with E-state index in [1.807, 2.05) is 42.5 Å². The van der Waals surface area contributed by atoms with Crippen molar-refractivity contribution in [3.8, 4) is 0 Å². The van der Waals surface area contributed by atoms with Crippen LogP contribution in [0, 0.1) is 0 Å². The summed E-state index contributed by atoms with van der Waals surface area (Å²) in [4.78, 5) is 7.20. The molecule has 0 aliphatic carbocycles. The number of rotatable bonds is 3. The van der Waals surface area contributed by atoms with Gasteiger partial charge in [0.15, 0.2) is 0 Å². The molecule has 0 saturated heterocycles. The number of nitrogens with one attached hydrogen (secondary N) is 1. The average Bonchev–Trinajstić information content (AvgIpc) is 2.81. The first-order chi connectivity index (χ1) is 9.24. The summed E-state index contributed by atoms with van der Waals surface area (Å²) in [5, 5.41) is 1.84. The van der Waals surface area contributed by atoms with Crippen LogP contribution in [0.3, 0.4) is 0 Å². The Morgan fingerprint density at radius 3 is 2.63 bits per heavy atom. The highest BCUT2D eigenvalue weighted by Crippen LogP contribution is 2.26. The molecule has 19 heavy (non-hydrogen) atoms. The second kappa shape index (κ2) is 5.37. The number of fused-ring (bicyclic) bond motifs is 1. The van der Waals surface area contributed by atoms with E-state index in [2.05, 4.69) is 9.82 Å². The van der Waals surface area contributed by atoms with Crippen molar-refractivity contribution in [2.24, 2.45) is 0 Å². The van der Waals surface area contributed by atoms with Crippen molar-refractivity contribution in [2.75, 3.05) is 4.84 Å². The fourth-order valence-electron chi connectivity index (χ4n) is 1.88. The van der Waals surface area contributed by atoms with Crippen molar-refractivity contribution in [2.45, 2.75) is 6.42 Å². The molecule has 0 aliphatic rings. The van der Waals surface area contributed by atoms with Crippen LogP contribution in [0.1, 0.15) is 10.6 Å². The maximum Gasteiger partial charge on any atom is 0.0982 e. The van der Waals surface area contributed by atoms with E-state index in [1.165, 1.54) is 5.56 Å². The van der Waals surface area contributed by atoms with Gasteiger partial charge in [0.25, 0.3) is 0 Å². The molecule has 2 nitrogen and oxygen atoms in total. The number of nitrogens with zero attached hydrogens (tertiary/aromatic N) is 1. The maximum atomic E-state index is 5.98. The summed E-state index contributed by atoms with van der Waals surface area (Å²) >= 11 is 13.2. The van der Waals surface area contributed by atoms with Crippen molar-refractivity contribution in [3.63, 3.8) is 0 Å². The number of aromatic nitrogens is 1. The van der Waals surface area contributed by atoms with Crippen LogP contribution in [0.5, 0.6) is 0 Å². The molecule has 0 spiro atoms. The minimum absolute atomic E-state index is 0.750. The van der Waals surface area contributed by atoms with E-state index < -0.39 is 0 Å². The first kappa shape index (κ1) is 12.7. The summed E-state index contributed by atoms with van der Waals surface area (Å²) in [5.74, 6) is 0. The van der Waals surface area contributed by atoms with Gasteiger partial charge in [-0.2, -0.15) is 0 Å². The Labute approximate surface area is 125 Å². The Morgan fingerprint density at radius 2 is 1.89 bits per heavy atom. The molecule has 5 heteroatoms. The van der Waals surface area contributed by atoms with Crippen LogP contribution in [0.15, 0.2) is 42.5 Å². The first-order valence-corrected chi connectivity index (χ1v) is 7.32. The Hall–Kier alpha value is -1.29. The third-order valence-electron chi connectivity index (χ3n) is 2.81. The topological polar surface area (TPSA) is 24.9 Å². The molecule has 2 aromatic carbocycles. The van der Waals surface area contributed by atoms with Crippen LogP contribution in [-0.2, 0) is 6.42 Å². The Bertz CT molecular complexity index is 707. The van der Waals surface area contributed by atoms with Gasteiger partial charge in [0, 0.05) is 28.9 Å². The highest BCUT2D eigenvalue weighted by molar-refractivity contribution is 7.18. The lowest BCUT2D eigenvalue weighted by atomic mass is 10.1. The Balaban J connectivity index is 1.87. The quantitative estimate of drug-likeness (QED) is 0.680. The van der Waals surface area contributed by atoms with Gasteiger partial charge >= 0.3 is 0 Å². The van der Waals surface area contributed by atoms with E-state index in [4.69, 9.17) is 23.4 Å². The van der Waals surface area contributed by atoms with Gasteiger partial charge in [-0.25, -0.2) is 4.98 Å². The van der Waals surface area contributed by atoms with Crippen molar-refractivity contribution >= 4 is 50.6 Å². The van der Waals surface area contributed by atoms with E-state index in [0.717, 1.165) is 32.4 Å². The van der Waals surface area contributed by atoms with Crippen LogP contribution < -0.4 is 4.84 Å². The SMILES string of the molecule is ClNc1ccc(Cc2nc3ccc(Cl)cc3s2)cc1. The molecule has 0 unspecified atom stereocenters. The molecule has 3 aromatic rings. The van der Waals surface area contributed by atoms with E-state index in [9.17, 15) is 0 Å². The van der Waals surface area contributed by atoms with Gasteiger partial charge in [-0.05, 0) is 35.9 Å². The molecule has 0 fully saturated rings. The smallest absolute Gasteiger partial charge is 0.0982 e. The van der Waals surface area contributed by atoms with E-state index in [1.54, 1.807) is 11.3 Å². The summed E-state index contributed by atoms with van der Waals surface area (Å²) in [6, 6.07) is 13.8. The largest absolute Gasteiger partial charge is 0.299 e. The number of hydrogen-bond acceptors (Lipinski definition) is 3. The van der Waals surface area contributed by atoms with Crippen LogP contribution in [-0.4, -0.2) is 4.98 Å². The first-order valence-electron chi connectivity index (χ1n) is 5.75. The van der Waals surface area contributed by atoms with Gasteiger partial charge in [-0.3, -0.25) is 4.84 Å². The molecular weight excluding hydrogens is 299 g/mol. The molecule has 0 atom stereocenters. The molecule has 0 aliphatic heterocycles. The predicted molar refractivity (Wildman–Crippen MR) is 83.4 cm³/mol. The minimum Gasteiger partial charge on any atom is -0.299 e. The zero-order chi connectivity index (χ0) is 13.2. The fourth-order valence-corrected chi connectivity index (χ4v) is 3.29.